The Hall–Kier alpha value is -3.18. The third-order valence-electron chi connectivity index (χ3n) is 6.53. The summed E-state index contributed by atoms with van der Waals surface area (Å²) in [5.74, 6) is -5.12. The zero-order valence-electron chi connectivity index (χ0n) is 22.6. The Labute approximate surface area is 222 Å². The molecule has 2 aliphatic rings. The second-order valence-corrected chi connectivity index (χ2v) is 9.90. The Morgan fingerprint density at radius 1 is 0.500 bits per heavy atom. The largest absolute Gasteiger partial charge is 0.454 e. The molecule has 0 aliphatic heterocycles. The zero-order chi connectivity index (χ0) is 28.2. The van der Waals surface area contributed by atoms with Crippen LogP contribution < -0.4 is 10.6 Å². The summed E-state index contributed by atoms with van der Waals surface area (Å²) in [6, 6.07) is -0.392. The first-order valence-corrected chi connectivity index (χ1v) is 13.3. The van der Waals surface area contributed by atoms with Crippen LogP contribution in [0.4, 0.5) is 0 Å². The Morgan fingerprint density at radius 2 is 0.789 bits per heavy atom. The molecule has 2 N–H and O–H groups in total. The number of carbonyl (C=O) groups is 6. The minimum absolute atomic E-state index is 0.196. The second kappa shape index (κ2) is 15.3. The molecule has 0 saturated heterocycles. The molecule has 214 valence electrons. The third-order valence-corrected chi connectivity index (χ3v) is 6.53. The summed E-state index contributed by atoms with van der Waals surface area (Å²) in [5, 5.41) is 5.61. The van der Waals surface area contributed by atoms with Crippen LogP contribution in [0.5, 0.6) is 0 Å². The summed E-state index contributed by atoms with van der Waals surface area (Å²) in [6.45, 7) is 4.22. The molecule has 0 aromatic carbocycles. The monoisotopic (exact) mass is 540 g/mol. The van der Waals surface area contributed by atoms with E-state index in [0.29, 0.717) is 25.7 Å². The molecule has 38 heavy (non-hydrogen) atoms. The second-order valence-electron chi connectivity index (χ2n) is 9.90. The van der Waals surface area contributed by atoms with Crippen molar-refractivity contribution in [3.05, 3.63) is 0 Å². The molecule has 0 spiro atoms. The minimum Gasteiger partial charge on any atom is -0.454 e. The number of nitrogens with one attached hydrogen (secondary N) is 2. The van der Waals surface area contributed by atoms with Gasteiger partial charge in [0.2, 0.25) is 12.2 Å². The summed E-state index contributed by atoms with van der Waals surface area (Å²) in [7, 11) is 0. The smallest absolute Gasteiger partial charge is 0.303 e. The average Bonchev–Trinajstić information content (AvgIpc) is 2.84. The van der Waals surface area contributed by atoms with E-state index >= 15 is 0 Å². The van der Waals surface area contributed by atoms with Gasteiger partial charge in [-0.15, -0.1) is 0 Å². The van der Waals surface area contributed by atoms with Crippen LogP contribution in [0.1, 0.15) is 91.9 Å². The highest BCUT2D eigenvalue weighted by Crippen LogP contribution is 2.23. The molecular formula is C26H40N2O10. The van der Waals surface area contributed by atoms with E-state index in [9.17, 15) is 28.8 Å². The Bertz CT molecular complexity index is 794. The predicted octanol–water partition coefficient (Wildman–Crippen LogP) is 1.61. The quantitative estimate of drug-likeness (QED) is 0.291. The van der Waals surface area contributed by atoms with E-state index in [1.54, 1.807) is 0 Å². The summed E-state index contributed by atoms with van der Waals surface area (Å²) in [5.41, 5.74) is 0. The first-order chi connectivity index (χ1) is 18.0. The molecular weight excluding hydrogens is 500 g/mol. The Morgan fingerprint density at radius 3 is 1.05 bits per heavy atom. The van der Waals surface area contributed by atoms with Crippen LogP contribution in [0, 0.1) is 0 Å². The van der Waals surface area contributed by atoms with Gasteiger partial charge in [0.15, 0.2) is 12.2 Å². The van der Waals surface area contributed by atoms with Crippen molar-refractivity contribution in [2.45, 2.75) is 128 Å². The first kappa shape index (κ1) is 31.0. The van der Waals surface area contributed by atoms with Gasteiger partial charge in [-0.05, 0) is 25.7 Å². The maximum absolute atomic E-state index is 13.4. The van der Waals surface area contributed by atoms with Gasteiger partial charge in [0, 0.05) is 39.8 Å². The molecule has 0 aromatic rings. The fourth-order valence-corrected chi connectivity index (χ4v) is 4.94. The summed E-state index contributed by atoms with van der Waals surface area (Å²) >= 11 is 0. The van der Waals surface area contributed by atoms with Crippen molar-refractivity contribution in [1.82, 2.24) is 10.6 Å². The summed E-state index contributed by atoms with van der Waals surface area (Å²) in [4.78, 5) is 75.0. The minimum atomic E-state index is -1.79. The number of hydrogen-bond acceptors (Lipinski definition) is 10. The predicted molar refractivity (Wildman–Crippen MR) is 132 cm³/mol. The third kappa shape index (κ3) is 10.3. The molecule has 2 rings (SSSR count). The van der Waals surface area contributed by atoms with Crippen LogP contribution in [0.3, 0.4) is 0 Å². The van der Waals surface area contributed by atoms with Crippen molar-refractivity contribution in [2.24, 2.45) is 0 Å². The van der Waals surface area contributed by atoms with E-state index in [0.717, 1.165) is 66.2 Å². The molecule has 4 atom stereocenters. The van der Waals surface area contributed by atoms with Crippen LogP contribution in [-0.2, 0) is 47.7 Å². The number of rotatable bonds is 11. The molecule has 0 heterocycles. The van der Waals surface area contributed by atoms with Crippen molar-refractivity contribution in [3.8, 4) is 0 Å². The van der Waals surface area contributed by atoms with Crippen LogP contribution in [0.2, 0.25) is 0 Å². The van der Waals surface area contributed by atoms with E-state index in [1.807, 2.05) is 0 Å². The van der Waals surface area contributed by atoms with E-state index in [1.165, 1.54) is 0 Å². The lowest BCUT2D eigenvalue weighted by Gasteiger charge is -2.35. The van der Waals surface area contributed by atoms with Gasteiger partial charge in [-0.1, -0.05) is 38.5 Å². The van der Waals surface area contributed by atoms with Crippen LogP contribution in [-0.4, -0.2) is 72.2 Å². The first-order valence-electron chi connectivity index (χ1n) is 13.3. The normalized spacial score (nSPS) is 19.6. The molecule has 12 nitrogen and oxygen atoms in total. The van der Waals surface area contributed by atoms with Crippen LogP contribution in [0.15, 0.2) is 0 Å². The molecule has 0 bridgehead atoms. The number of hydrogen-bond donors (Lipinski definition) is 2. The standard InChI is InChI=1S/C26H40N2O10/c1-15(29)35-21(23(37-17(3)31)25(33)27-19-11-7-5-8-12-19)22(36-16(2)30)24(38-18(4)32)26(34)28-20-13-9-6-10-14-20/h19-24H,5-14H2,1-4H3,(H,27,33)(H,28,34)/t21-,22+,23+,24-. The van der Waals surface area contributed by atoms with E-state index in [2.05, 4.69) is 10.6 Å². The SMILES string of the molecule is CC(=O)O[C@H]([C@H](OC(C)=O)[C@@H](OC(C)=O)C(=O)NC1CCCCC1)[C@H](OC(C)=O)C(=O)NC1CCCCC1. The van der Waals surface area contributed by atoms with Gasteiger partial charge < -0.3 is 29.6 Å². The highest BCUT2D eigenvalue weighted by Gasteiger charge is 2.49. The number of ether oxygens (including phenoxy) is 4. The van der Waals surface area contributed by atoms with Crippen molar-refractivity contribution in [3.63, 3.8) is 0 Å². The molecule has 0 unspecified atom stereocenters. The van der Waals surface area contributed by atoms with Gasteiger partial charge in [0.05, 0.1) is 0 Å². The molecule has 2 fully saturated rings. The van der Waals surface area contributed by atoms with Crippen molar-refractivity contribution < 1.29 is 47.7 Å². The van der Waals surface area contributed by atoms with Crippen LogP contribution >= 0.6 is 0 Å². The Balaban J connectivity index is 2.46. The summed E-state index contributed by atoms with van der Waals surface area (Å²) < 4.78 is 21.3. The number of amides is 2. The molecule has 2 saturated carbocycles. The average molecular weight is 541 g/mol. The van der Waals surface area contributed by atoms with Crippen molar-refractivity contribution in [1.29, 1.82) is 0 Å². The van der Waals surface area contributed by atoms with E-state index in [-0.39, 0.29) is 12.1 Å². The fourth-order valence-electron chi connectivity index (χ4n) is 4.94. The molecule has 0 aromatic heterocycles. The topological polar surface area (TPSA) is 163 Å². The fraction of sp³-hybridized carbons (Fsp3) is 0.769. The van der Waals surface area contributed by atoms with Gasteiger partial charge in [-0.2, -0.15) is 0 Å². The lowest BCUT2D eigenvalue weighted by atomic mass is 9.94. The zero-order valence-corrected chi connectivity index (χ0v) is 22.6. The number of esters is 4. The van der Waals surface area contributed by atoms with Gasteiger partial charge >= 0.3 is 23.9 Å². The van der Waals surface area contributed by atoms with E-state index < -0.39 is 60.1 Å². The van der Waals surface area contributed by atoms with Crippen molar-refractivity contribution >= 4 is 35.7 Å². The Kier molecular flexibility index (Phi) is 12.5. The highest BCUT2D eigenvalue weighted by atomic mass is 16.6. The summed E-state index contributed by atoms with van der Waals surface area (Å²) in [6.07, 6.45) is 1.38. The van der Waals surface area contributed by atoms with Gasteiger partial charge in [-0.25, -0.2) is 0 Å². The lowest BCUT2D eigenvalue weighted by Crippen LogP contribution is -2.60. The molecule has 0 radical (unpaired) electrons. The maximum Gasteiger partial charge on any atom is 0.303 e. The maximum atomic E-state index is 13.4. The van der Waals surface area contributed by atoms with Crippen molar-refractivity contribution in [2.75, 3.05) is 0 Å². The molecule has 12 heteroatoms. The molecule has 2 aliphatic carbocycles. The molecule has 2 amide bonds. The lowest BCUT2D eigenvalue weighted by molar-refractivity contribution is -0.200. The van der Waals surface area contributed by atoms with E-state index in [4.69, 9.17) is 18.9 Å². The van der Waals surface area contributed by atoms with Crippen LogP contribution in [0.25, 0.3) is 0 Å². The van der Waals surface area contributed by atoms with Gasteiger partial charge in [0.25, 0.3) is 11.8 Å². The van der Waals surface area contributed by atoms with Gasteiger partial charge in [-0.3, -0.25) is 28.8 Å². The van der Waals surface area contributed by atoms with Gasteiger partial charge in [0.1, 0.15) is 0 Å². The number of carbonyl (C=O) groups excluding carboxylic acids is 6. The highest BCUT2D eigenvalue weighted by molar-refractivity contribution is 5.87.